The summed E-state index contributed by atoms with van der Waals surface area (Å²) < 4.78 is 89.3. The molecule has 5 heterocycles. The number of hydrogen-bond donors (Lipinski definition) is 2. The summed E-state index contributed by atoms with van der Waals surface area (Å²) in [5.41, 5.74) is 5.63. The van der Waals surface area contributed by atoms with Gasteiger partial charge in [0.05, 0.1) is 78.1 Å². The predicted octanol–water partition coefficient (Wildman–Crippen LogP) is 14.3. The summed E-state index contributed by atoms with van der Waals surface area (Å²) in [6, 6.07) is 51.8. The number of carbonyl (C=O) groups is 3. The number of H-pyrrole nitrogens is 1. The van der Waals surface area contributed by atoms with Gasteiger partial charge in [-0.2, -0.15) is 10.5 Å². The highest BCUT2D eigenvalue weighted by Gasteiger charge is 2.49. The molecule has 2 N–H and O–H groups in total. The second-order valence-electron chi connectivity index (χ2n) is 27.8. The maximum atomic E-state index is 15.9. The molecule has 3 aromatic heterocycles. The first-order chi connectivity index (χ1) is 53.3. The third-order valence-corrected chi connectivity index (χ3v) is 24.0. The quantitative estimate of drug-likeness (QED) is 0.0158. The van der Waals surface area contributed by atoms with Crippen molar-refractivity contribution >= 4 is 50.8 Å². The molecule has 110 heavy (non-hydrogen) atoms. The molecule has 0 radical (unpaired) electrons. The highest BCUT2D eigenvalue weighted by molar-refractivity contribution is 7.48. The molecular weight excluding hydrogens is 1440 g/mol. The second-order valence-corrected chi connectivity index (χ2v) is 31.1. The first-order valence-corrected chi connectivity index (χ1v) is 39.5. The standard InChI is InChI=1S/C82H89N9O17P2/c1-52(2)76(53(3)4)109(102-42-16-40-83)107-68-44-72(90-46-54(5)79(94)89-81(90)96)106-71(68)49-104-110(97,103-43-17-41-84)108-69-45-73(105-70(69)48-101-82(57-18-9-8-10-19-57,58-31-36-61(98-6)37-32-58)59-33-38-62(99-7)39-34-59)91-51-87-75-77(85-50-86-78(75)91)88-80(95)56-29-26-55(27-30-56)28-35-60(92)20-15-25-74(93)100-47-67-65-23-13-11-21-63(65)64-22-12-14-24-66(64)67/h8-14,18-19,21-24,26-27,29-34,36-39,46,50-53,67-73,76H,15-17,20,25,28,35,42-45,47-49H2,1-7H3,(H,89,94,96)(H,85,86,88,95)/t68-,69-,70-,71-,72-,73-,109?,110?/m1/s1. The van der Waals surface area contributed by atoms with Gasteiger partial charge < -0.3 is 42.8 Å². The number of nitriles is 2. The number of ketones is 1. The van der Waals surface area contributed by atoms with Crippen molar-refractivity contribution in [2.45, 2.75) is 146 Å². The van der Waals surface area contributed by atoms with Crippen LogP contribution in [0.1, 0.15) is 147 Å². The number of nitrogens with one attached hydrogen (secondary N) is 2. The number of esters is 1. The molecule has 2 saturated heterocycles. The van der Waals surface area contributed by atoms with E-state index >= 15 is 4.57 Å². The van der Waals surface area contributed by atoms with E-state index in [1.807, 2.05) is 109 Å². The zero-order valence-electron chi connectivity index (χ0n) is 62.3. The number of nitrogens with zero attached hydrogens (tertiary/aromatic N) is 7. The summed E-state index contributed by atoms with van der Waals surface area (Å²) in [6.07, 6.45) is -1.05. The zero-order chi connectivity index (χ0) is 77.5. The zero-order valence-corrected chi connectivity index (χ0v) is 64.1. The highest BCUT2D eigenvalue weighted by Crippen LogP contribution is 2.57. The van der Waals surface area contributed by atoms with Crippen LogP contribution >= 0.6 is 16.2 Å². The Morgan fingerprint density at radius 3 is 1.93 bits per heavy atom. The van der Waals surface area contributed by atoms with Crippen molar-refractivity contribution in [3.8, 4) is 34.8 Å². The van der Waals surface area contributed by atoms with E-state index in [9.17, 15) is 34.5 Å². The van der Waals surface area contributed by atoms with Gasteiger partial charge in [0.2, 0.25) is 0 Å². The number of ether oxygens (including phenoxy) is 6. The maximum absolute atomic E-state index is 15.9. The number of aryl methyl sites for hydroxylation is 2. The van der Waals surface area contributed by atoms with Gasteiger partial charge in [-0.15, -0.1) is 0 Å². The Balaban J connectivity index is 0.785. The van der Waals surface area contributed by atoms with Crippen LogP contribution in [-0.2, 0) is 67.7 Å². The van der Waals surface area contributed by atoms with E-state index in [2.05, 4.69) is 78.3 Å². The van der Waals surface area contributed by atoms with Crippen molar-refractivity contribution < 1.29 is 70.0 Å². The molecule has 9 aromatic rings. The third-order valence-electron chi connectivity index (χ3n) is 19.9. The molecule has 3 aliphatic rings. The molecular formula is C82H89N9O17P2. The van der Waals surface area contributed by atoms with Crippen molar-refractivity contribution in [3.63, 3.8) is 0 Å². The molecule has 26 nitrogen and oxygen atoms in total. The molecule has 574 valence electrons. The molecule has 1 amide bonds. The Bertz CT molecular complexity index is 4830. The Labute approximate surface area is 638 Å². The molecule has 2 unspecified atom stereocenters. The van der Waals surface area contributed by atoms with E-state index in [4.69, 9.17) is 56.0 Å². The van der Waals surface area contributed by atoms with Gasteiger partial charge in [-0.05, 0) is 113 Å². The number of phosphoric ester groups is 1. The van der Waals surface area contributed by atoms with Crippen LogP contribution in [0.2, 0.25) is 0 Å². The molecule has 0 spiro atoms. The van der Waals surface area contributed by atoms with Gasteiger partial charge in [0.1, 0.15) is 66.6 Å². The summed E-state index contributed by atoms with van der Waals surface area (Å²) in [5.74, 6) is 0.495. The van der Waals surface area contributed by atoms with Gasteiger partial charge >= 0.3 is 19.5 Å². The Morgan fingerprint density at radius 1 is 0.691 bits per heavy atom. The number of methoxy groups -OCH3 is 2. The van der Waals surface area contributed by atoms with E-state index in [-0.39, 0.29) is 122 Å². The number of phosphoric acid groups is 1. The summed E-state index contributed by atoms with van der Waals surface area (Å²) >= 11 is 0. The molecule has 12 rings (SSSR count). The third kappa shape index (κ3) is 18.6. The second kappa shape index (κ2) is 36.7. The van der Waals surface area contributed by atoms with Crippen LogP contribution in [0.25, 0.3) is 22.3 Å². The number of carbonyl (C=O) groups excluding carboxylic acids is 3. The molecule has 2 fully saturated rings. The fourth-order valence-electron chi connectivity index (χ4n) is 14.4. The number of aromatic nitrogens is 6. The number of benzene rings is 6. The summed E-state index contributed by atoms with van der Waals surface area (Å²) in [4.78, 5) is 82.4. The van der Waals surface area contributed by atoms with E-state index in [0.717, 1.165) is 33.4 Å². The molecule has 0 bridgehead atoms. The van der Waals surface area contributed by atoms with Crippen LogP contribution in [0.4, 0.5) is 5.82 Å². The maximum Gasteiger partial charge on any atom is 0.475 e. The fraction of sp³-hybridized carbons (Fsp3) is 0.390. The van der Waals surface area contributed by atoms with Crippen LogP contribution in [0.15, 0.2) is 180 Å². The van der Waals surface area contributed by atoms with Crippen LogP contribution in [0.3, 0.4) is 0 Å². The van der Waals surface area contributed by atoms with E-state index in [1.165, 1.54) is 23.4 Å². The van der Waals surface area contributed by atoms with Crippen molar-refractivity contribution in [3.05, 3.63) is 236 Å². The number of aromatic amines is 1. The number of amides is 1. The summed E-state index contributed by atoms with van der Waals surface area (Å²) in [6.45, 7) is 8.87. The van der Waals surface area contributed by atoms with Crippen LogP contribution in [0, 0.1) is 41.4 Å². The van der Waals surface area contributed by atoms with Crippen LogP contribution < -0.4 is 26.0 Å². The molecule has 0 saturated carbocycles. The normalized spacial score (nSPS) is 18.4. The highest BCUT2D eigenvalue weighted by atomic mass is 31.2. The van der Waals surface area contributed by atoms with Crippen molar-refractivity contribution in [2.24, 2.45) is 11.8 Å². The van der Waals surface area contributed by atoms with Gasteiger partial charge in [0.15, 0.2) is 25.4 Å². The van der Waals surface area contributed by atoms with Gasteiger partial charge in [-0.1, -0.05) is 143 Å². The molecule has 28 heteroatoms. The first kappa shape index (κ1) is 79.6. The van der Waals surface area contributed by atoms with Crippen molar-refractivity contribution in [2.75, 3.05) is 52.6 Å². The van der Waals surface area contributed by atoms with Crippen molar-refractivity contribution in [1.29, 1.82) is 10.5 Å². The smallest absolute Gasteiger partial charge is 0.475 e. The minimum Gasteiger partial charge on any atom is -0.497 e. The van der Waals surface area contributed by atoms with Gasteiger partial charge in [-0.25, -0.2) is 24.3 Å². The summed E-state index contributed by atoms with van der Waals surface area (Å²) in [5, 5.41) is 22.3. The van der Waals surface area contributed by atoms with Crippen LogP contribution in [-0.4, -0.2) is 124 Å². The number of Topliss-reactive ketones (excluding diaryl/α,β-unsaturated/α-hetero) is 1. The monoisotopic (exact) mass is 1530 g/mol. The number of imidazole rings is 1. The van der Waals surface area contributed by atoms with E-state index < -0.39 is 89.0 Å². The first-order valence-electron chi connectivity index (χ1n) is 36.8. The lowest BCUT2D eigenvalue weighted by molar-refractivity contribution is -0.144. The molecule has 1 aliphatic carbocycles. The number of hydrogen-bond acceptors (Lipinski definition) is 22. The minimum atomic E-state index is -4.89. The molecule has 6 aromatic carbocycles. The average molecular weight is 1530 g/mol. The molecule has 2 aliphatic heterocycles. The fourth-order valence-corrected chi connectivity index (χ4v) is 17.9. The van der Waals surface area contributed by atoms with Gasteiger partial charge in [-0.3, -0.25) is 46.9 Å². The topological polar surface area (TPSA) is 328 Å². The van der Waals surface area contributed by atoms with Gasteiger partial charge in [0.25, 0.3) is 11.5 Å². The van der Waals surface area contributed by atoms with Gasteiger partial charge in [0, 0.05) is 61.0 Å². The number of anilines is 1. The van der Waals surface area contributed by atoms with Crippen LogP contribution in [0.5, 0.6) is 11.5 Å². The number of fused-ring (bicyclic) bond motifs is 4. The largest absolute Gasteiger partial charge is 0.497 e. The predicted molar refractivity (Wildman–Crippen MR) is 409 cm³/mol. The number of rotatable bonds is 37. The minimum absolute atomic E-state index is 0.00420. The lowest BCUT2D eigenvalue weighted by Crippen LogP contribution is -2.38. The van der Waals surface area contributed by atoms with Crippen molar-refractivity contribution in [1.82, 2.24) is 29.1 Å². The lowest BCUT2D eigenvalue weighted by Gasteiger charge is -2.37. The van der Waals surface area contributed by atoms with E-state index in [1.54, 1.807) is 50.0 Å². The lowest BCUT2D eigenvalue weighted by atomic mass is 9.80. The average Bonchev–Trinajstić information content (AvgIpc) is 1.44. The Hall–Kier alpha value is -9.92. The SMILES string of the molecule is COc1ccc(C(OC[C@H]2O[C@@H](n3cnc4c(NC(=O)c5ccc(CCC(=O)CCCC(=O)OCC6c7ccccc7-c7ccccc76)cc5)ncnc43)C[C@H]2OP(=O)(OCCC#N)OC[C@H]2O[C@@H](n3cc(C)c(=O)[nH]c3=O)C[C@H]2OP(OCCC#N)C(C(C)C)C(C)C)(c2ccccc2)c2ccc(OC)cc2)cc1. The summed E-state index contributed by atoms with van der Waals surface area (Å²) in [7, 11) is -3.50. The Kier molecular flexibility index (Phi) is 26.6. The van der Waals surface area contributed by atoms with E-state index in [0.29, 0.717) is 41.0 Å². The molecule has 8 atom stereocenters. The Morgan fingerprint density at radius 2 is 1.29 bits per heavy atom.